The zero-order chi connectivity index (χ0) is 41.5. The van der Waals surface area contributed by atoms with E-state index in [-0.39, 0.29) is 10.8 Å². The topological polar surface area (TPSA) is 3.24 Å². The van der Waals surface area contributed by atoms with Crippen LogP contribution in [0, 0.1) is 0 Å². The number of rotatable bonds is 3. The maximum absolute atomic E-state index is 2.68. The van der Waals surface area contributed by atoms with Gasteiger partial charge in [-0.1, -0.05) is 192 Å². The molecule has 0 radical (unpaired) electrons. The first kappa shape index (κ1) is 36.2. The molecule has 2 aliphatic carbocycles. The van der Waals surface area contributed by atoms with Gasteiger partial charge < -0.3 is 4.90 Å². The van der Waals surface area contributed by atoms with Gasteiger partial charge in [-0.15, -0.1) is 0 Å². The smallest absolute Gasteiger partial charge is 0.123 e. The number of anilines is 3. The first-order valence-electron chi connectivity index (χ1n) is 22.7. The van der Waals surface area contributed by atoms with Crippen LogP contribution in [0.15, 0.2) is 176 Å². The first-order chi connectivity index (χ1) is 30.3. The standard InChI is InChI=1S/C60H49NSi/c1-59(2)49-24-10-8-21-45(49)57-46(22-17-25-50(57)59)56-42-19-5-6-20-43(42)58(61-52-26-11-13-28-54(52)62(34-15-16-35-62)55-29-14-12-27-53(55)61)44-33-31-38(36-47(44)56)39-30-32-41-40-18-7-9-23-48(40)60(3,4)51(41)37-39/h5-14,17-33,36-37H,15-16,34-35H2,1-4H3. The van der Waals surface area contributed by atoms with E-state index in [9.17, 15) is 0 Å². The summed E-state index contributed by atoms with van der Waals surface area (Å²) in [5.41, 5.74) is 20.1. The summed E-state index contributed by atoms with van der Waals surface area (Å²) in [5.74, 6) is 0. The Morgan fingerprint density at radius 3 is 1.65 bits per heavy atom. The van der Waals surface area contributed by atoms with Crippen LogP contribution in [-0.4, -0.2) is 8.07 Å². The SMILES string of the molecule is CC1(C)c2ccccc2-c2ccc(-c3ccc4c(N5c6ccccc6[Si]6(CCCC6)c6ccccc65)c5ccccc5c(-c5cccc6c5-c5ccccc5C6(C)C)c4c3)cc21. The van der Waals surface area contributed by atoms with Gasteiger partial charge in [0.25, 0.3) is 0 Å². The molecule has 0 unspecified atom stereocenters. The third kappa shape index (κ3) is 4.68. The molecular formula is C60H49NSi. The summed E-state index contributed by atoms with van der Waals surface area (Å²) in [6, 6.07) is 70.8. The van der Waals surface area contributed by atoms with Gasteiger partial charge in [0.15, 0.2) is 0 Å². The lowest BCUT2D eigenvalue weighted by atomic mass is 9.80. The highest BCUT2D eigenvalue weighted by Gasteiger charge is 2.48. The van der Waals surface area contributed by atoms with Crippen molar-refractivity contribution in [2.75, 3.05) is 4.90 Å². The Morgan fingerprint density at radius 2 is 0.903 bits per heavy atom. The normalized spacial score (nSPS) is 16.8. The van der Waals surface area contributed by atoms with Crippen LogP contribution in [0.1, 0.15) is 62.8 Å². The molecule has 0 atom stereocenters. The molecule has 2 aliphatic heterocycles. The minimum absolute atomic E-state index is 0.0762. The van der Waals surface area contributed by atoms with E-state index >= 15 is 0 Å². The number of nitrogens with zero attached hydrogens (tertiary/aromatic N) is 1. The molecule has 0 N–H and O–H groups in total. The fraction of sp³-hybridized carbons (Fsp3) is 0.167. The number of benzene rings is 9. The molecule has 9 aromatic rings. The lowest BCUT2D eigenvalue weighted by Gasteiger charge is -2.43. The summed E-state index contributed by atoms with van der Waals surface area (Å²) in [5, 5.41) is 8.38. The molecule has 13 rings (SSSR count). The van der Waals surface area contributed by atoms with Gasteiger partial charge >= 0.3 is 0 Å². The van der Waals surface area contributed by atoms with E-state index in [0.717, 1.165) is 0 Å². The van der Waals surface area contributed by atoms with Crippen LogP contribution in [0.3, 0.4) is 0 Å². The zero-order valence-electron chi connectivity index (χ0n) is 36.0. The predicted octanol–water partition coefficient (Wildman–Crippen LogP) is 15.1. The third-order valence-corrected chi connectivity index (χ3v) is 21.1. The van der Waals surface area contributed by atoms with E-state index in [4.69, 9.17) is 0 Å². The van der Waals surface area contributed by atoms with E-state index in [2.05, 4.69) is 209 Å². The molecule has 1 saturated heterocycles. The highest BCUT2D eigenvalue weighted by atomic mass is 28.3. The maximum Gasteiger partial charge on any atom is 0.123 e. The summed E-state index contributed by atoms with van der Waals surface area (Å²) in [6.07, 6.45) is 2.65. The van der Waals surface area contributed by atoms with Crippen molar-refractivity contribution in [3.63, 3.8) is 0 Å². The summed E-state index contributed by atoms with van der Waals surface area (Å²) >= 11 is 0. The lowest BCUT2D eigenvalue weighted by molar-refractivity contribution is 0.660. The average molecular weight is 812 g/mol. The number of para-hydroxylation sites is 2. The monoisotopic (exact) mass is 811 g/mol. The number of hydrogen-bond acceptors (Lipinski definition) is 1. The molecule has 1 spiro atoms. The highest BCUT2D eigenvalue weighted by Crippen LogP contribution is 2.57. The molecule has 0 aromatic heterocycles. The van der Waals surface area contributed by atoms with E-state index in [0.29, 0.717) is 0 Å². The van der Waals surface area contributed by atoms with Crippen LogP contribution in [0.25, 0.3) is 66.1 Å². The van der Waals surface area contributed by atoms with Crippen molar-refractivity contribution in [2.24, 2.45) is 0 Å². The number of fused-ring (bicyclic) bond motifs is 12. The van der Waals surface area contributed by atoms with Crippen molar-refractivity contribution < 1.29 is 0 Å². The Labute approximate surface area is 366 Å². The molecule has 2 heteroatoms. The zero-order valence-corrected chi connectivity index (χ0v) is 37.0. The van der Waals surface area contributed by atoms with Crippen molar-refractivity contribution >= 4 is 57.1 Å². The Bertz CT molecular complexity index is 3330. The predicted molar refractivity (Wildman–Crippen MR) is 266 cm³/mol. The molecule has 1 fully saturated rings. The van der Waals surface area contributed by atoms with Gasteiger partial charge in [0.05, 0.1) is 5.69 Å². The largest absolute Gasteiger partial charge is 0.309 e. The third-order valence-electron chi connectivity index (χ3n) is 15.8. The van der Waals surface area contributed by atoms with Gasteiger partial charge in [-0.05, 0) is 124 Å². The van der Waals surface area contributed by atoms with Crippen LogP contribution >= 0.6 is 0 Å². The van der Waals surface area contributed by atoms with Crippen LogP contribution in [0.2, 0.25) is 12.1 Å². The molecule has 0 saturated carbocycles. The number of hydrogen-bond donors (Lipinski definition) is 0. The summed E-state index contributed by atoms with van der Waals surface area (Å²) < 4.78 is 0. The van der Waals surface area contributed by atoms with Crippen LogP contribution < -0.4 is 15.3 Å². The fourth-order valence-corrected chi connectivity index (χ4v) is 18.4. The van der Waals surface area contributed by atoms with Crippen molar-refractivity contribution in [3.05, 3.63) is 198 Å². The summed E-state index contributed by atoms with van der Waals surface area (Å²) in [4.78, 5) is 2.68. The molecular weight excluding hydrogens is 763 g/mol. The Hall–Kier alpha value is -6.48. The van der Waals surface area contributed by atoms with E-state index in [1.54, 1.807) is 10.4 Å². The molecule has 2 heterocycles. The van der Waals surface area contributed by atoms with Gasteiger partial charge in [0.1, 0.15) is 8.07 Å². The van der Waals surface area contributed by atoms with Crippen LogP contribution in [0.4, 0.5) is 17.1 Å². The first-order valence-corrected chi connectivity index (χ1v) is 25.1. The Morgan fingerprint density at radius 1 is 0.387 bits per heavy atom. The van der Waals surface area contributed by atoms with E-state index in [1.165, 1.54) is 130 Å². The average Bonchev–Trinajstić information content (AvgIpc) is 3.96. The fourth-order valence-electron chi connectivity index (χ4n) is 12.9. The molecule has 1 nitrogen and oxygen atoms in total. The van der Waals surface area contributed by atoms with Gasteiger partial charge in [0.2, 0.25) is 0 Å². The molecule has 9 aromatic carbocycles. The van der Waals surface area contributed by atoms with Crippen molar-refractivity contribution in [2.45, 2.75) is 63.5 Å². The van der Waals surface area contributed by atoms with Crippen LogP contribution in [0.5, 0.6) is 0 Å². The lowest BCUT2D eigenvalue weighted by Crippen LogP contribution is -2.60. The summed E-state index contributed by atoms with van der Waals surface area (Å²) in [6.45, 7) is 9.58. The Balaban J connectivity index is 1.14. The van der Waals surface area contributed by atoms with Crippen molar-refractivity contribution in [3.8, 4) is 44.5 Å². The molecule has 4 aliphatic rings. The minimum Gasteiger partial charge on any atom is -0.309 e. The second-order valence-corrected chi connectivity index (χ2v) is 23.8. The molecule has 0 bridgehead atoms. The van der Waals surface area contributed by atoms with Gasteiger partial charge in [-0.25, -0.2) is 0 Å². The maximum atomic E-state index is 2.68. The Kier molecular flexibility index (Phi) is 7.46. The second-order valence-electron chi connectivity index (χ2n) is 19.5. The molecule has 62 heavy (non-hydrogen) atoms. The second kappa shape index (κ2) is 12.8. The van der Waals surface area contributed by atoms with Crippen molar-refractivity contribution in [1.29, 1.82) is 0 Å². The van der Waals surface area contributed by atoms with Crippen molar-refractivity contribution in [1.82, 2.24) is 0 Å². The highest BCUT2D eigenvalue weighted by molar-refractivity contribution is 7.05. The quantitative estimate of drug-likeness (QED) is 0.127. The summed E-state index contributed by atoms with van der Waals surface area (Å²) in [7, 11) is -1.93. The van der Waals surface area contributed by atoms with Crippen LogP contribution in [-0.2, 0) is 10.8 Å². The molecule has 0 amide bonds. The van der Waals surface area contributed by atoms with E-state index < -0.39 is 8.07 Å². The minimum atomic E-state index is -1.93. The van der Waals surface area contributed by atoms with E-state index in [1.807, 2.05) is 0 Å². The van der Waals surface area contributed by atoms with Gasteiger partial charge in [-0.2, -0.15) is 0 Å². The van der Waals surface area contributed by atoms with Gasteiger partial charge in [-0.3, -0.25) is 0 Å². The molecule has 298 valence electrons. The van der Waals surface area contributed by atoms with Gasteiger partial charge in [0, 0.05) is 33.0 Å².